The molecular weight excluding hydrogens is 336 g/mol. The van der Waals surface area contributed by atoms with Gasteiger partial charge < -0.3 is 0 Å². The van der Waals surface area contributed by atoms with Gasteiger partial charge in [0, 0.05) is 0 Å². The topological polar surface area (TPSA) is 0 Å². The lowest BCUT2D eigenvalue weighted by atomic mass is 9.92. The van der Waals surface area contributed by atoms with E-state index in [0.717, 1.165) is 0 Å². The second kappa shape index (κ2) is 7.48. The average Bonchev–Trinajstić information content (AvgIpc) is 2.78. The van der Waals surface area contributed by atoms with E-state index in [2.05, 4.69) is 97.1 Å². The number of hydrogen-bond donors (Lipinski definition) is 0. The normalized spacial score (nSPS) is 14.3. The number of aryl methyl sites for hydroxylation is 2. The Kier molecular flexibility index (Phi) is 4.54. The van der Waals surface area contributed by atoms with E-state index in [1.165, 1.54) is 69.5 Å². The van der Waals surface area contributed by atoms with Gasteiger partial charge in [0.1, 0.15) is 0 Å². The molecule has 0 bridgehead atoms. The fourth-order valence-electron chi connectivity index (χ4n) is 4.32. The van der Waals surface area contributed by atoms with E-state index in [1.807, 2.05) is 0 Å². The van der Waals surface area contributed by atoms with Crippen molar-refractivity contribution < 1.29 is 0 Å². The van der Waals surface area contributed by atoms with Crippen LogP contribution in [0.2, 0.25) is 0 Å². The van der Waals surface area contributed by atoms with Crippen LogP contribution in [0.25, 0.3) is 33.7 Å². The Balaban J connectivity index is 0.000000122. The summed E-state index contributed by atoms with van der Waals surface area (Å²) < 4.78 is 0. The van der Waals surface area contributed by atoms with Gasteiger partial charge in [-0.1, -0.05) is 91.0 Å². The van der Waals surface area contributed by atoms with Crippen molar-refractivity contribution in [1.82, 2.24) is 0 Å². The number of rotatable bonds is 0. The molecule has 0 spiro atoms. The van der Waals surface area contributed by atoms with E-state index in [4.69, 9.17) is 0 Å². The Morgan fingerprint density at radius 2 is 1.21 bits per heavy atom. The molecule has 0 saturated heterocycles. The largest absolute Gasteiger partial charge is 0.0836 e. The van der Waals surface area contributed by atoms with Crippen LogP contribution in [0.3, 0.4) is 0 Å². The Labute approximate surface area is 166 Å². The van der Waals surface area contributed by atoms with Gasteiger partial charge in [0.05, 0.1) is 0 Å². The molecule has 0 heteroatoms. The van der Waals surface area contributed by atoms with Crippen molar-refractivity contribution in [3.05, 3.63) is 107 Å². The Bertz CT molecular complexity index is 1200. The SMILES string of the molecule is C1=Cc2c(ccc3ccccc23)CC1.C1=Cc2cc3ccccc3cc2CC1. The van der Waals surface area contributed by atoms with Gasteiger partial charge in [-0.3, -0.25) is 0 Å². The third kappa shape index (κ3) is 3.27. The van der Waals surface area contributed by atoms with Crippen LogP contribution < -0.4 is 0 Å². The molecule has 28 heavy (non-hydrogen) atoms. The zero-order valence-corrected chi connectivity index (χ0v) is 16.1. The number of benzene rings is 4. The van der Waals surface area contributed by atoms with Gasteiger partial charge >= 0.3 is 0 Å². The van der Waals surface area contributed by atoms with Crippen LogP contribution in [0.15, 0.2) is 84.9 Å². The van der Waals surface area contributed by atoms with E-state index in [1.54, 1.807) is 0 Å². The summed E-state index contributed by atoms with van der Waals surface area (Å²) in [5.74, 6) is 0. The fraction of sp³-hybridized carbons (Fsp3) is 0.143. The number of allylic oxidation sites excluding steroid dienone is 2. The molecule has 0 aromatic heterocycles. The van der Waals surface area contributed by atoms with Crippen LogP contribution >= 0.6 is 0 Å². The molecule has 0 heterocycles. The van der Waals surface area contributed by atoms with Crippen LogP contribution in [-0.2, 0) is 12.8 Å². The molecule has 0 saturated carbocycles. The molecule has 4 aromatic rings. The summed E-state index contributed by atoms with van der Waals surface area (Å²) in [5.41, 5.74) is 5.81. The summed E-state index contributed by atoms with van der Waals surface area (Å²) in [5, 5.41) is 5.44. The zero-order valence-electron chi connectivity index (χ0n) is 16.1. The van der Waals surface area contributed by atoms with Crippen molar-refractivity contribution in [1.29, 1.82) is 0 Å². The monoisotopic (exact) mass is 360 g/mol. The van der Waals surface area contributed by atoms with Gasteiger partial charge in [0.2, 0.25) is 0 Å². The van der Waals surface area contributed by atoms with Crippen molar-refractivity contribution in [2.45, 2.75) is 25.7 Å². The lowest BCUT2D eigenvalue weighted by molar-refractivity contribution is 0.989. The first-order valence-corrected chi connectivity index (χ1v) is 10.2. The highest BCUT2D eigenvalue weighted by atomic mass is 14.1. The van der Waals surface area contributed by atoms with Crippen molar-refractivity contribution in [2.24, 2.45) is 0 Å². The number of fused-ring (bicyclic) bond motifs is 5. The van der Waals surface area contributed by atoms with Gasteiger partial charge in [-0.2, -0.15) is 0 Å². The first kappa shape index (κ1) is 17.0. The van der Waals surface area contributed by atoms with E-state index in [-0.39, 0.29) is 0 Å². The van der Waals surface area contributed by atoms with Crippen molar-refractivity contribution >= 4 is 33.7 Å². The standard InChI is InChI=1S/2C14H12/c1-3-7-13-11(5-1)9-10-12-6-2-4-8-14(12)13;1-2-6-12-10-14-8-4-3-7-13(14)9-11(12)5-1/h1,3-5,7-10H,2,6H2;1-3,5-7,9-10H,4,8H2. The highest BCUT2D eigenvalue weighted by Crippen LogP contribution is 2.27. The Morgan fingerprint density at radius 3 is 2.07 bits per heavy atom. The fourth-order valence-corrected chi connectivity index (χ4v) is 4.32. The average molecular weight is 361 g/mol. The summed E-state index contributed by atoms with van der Waals surface area (Å²) in [6.07, 6.45) is 13.8. The second-order valence-electron chi connectivity index (χ2n) is 7.64. The van der Waals surface area contributed by atoms with E-state index in [9.17, 15) is 0 Å². The second-order valence-corrected chi connectivity index (χ2v) is 7.64. The molecule has 0 N–H and O–H groups in total. The predicted octanol–water partition coefficient (Wildman–Crippen LogP) is 7.60. The third-order valence-electron chi connectivity index (χ3n) is 5.81. The highest BCUT2D eigenvalue weighted by molar-refractivity contribution is 5.92. The molecular formula is C28H24. The van der Waals surface area contributed by atoms with Gasteiger partial charge in [0.25, 0.3) is 0 Å². The molecule has 0 atom stereocenters. The summed E-state index contributed by atoms with van der Waals surface area (Å²) in [6.45, 7) is 0. The van der Waals surface area contributed by atoms with Gasteiger partial charge in [0.15, 0.2) is 0 Å². The predicted molar refractivity (Wildman–Crippen MR) is 123 cm³/mol. The smallest absolute Gasteiger partial charge is 0.0109 e. The van der Waals surface area contributed by atoms with Crippen molar-refractivity contribution in [2.75, 3.05) is 0 Å². The lowest BCUT2D eigenvalue weighted by Crippen LogP contribution is -1.94. The van der Waals surface area contributed by atoms with E-state index >= 15 is 0 Å². The molecule has 0 radical (unpaired) electrons. The highest BCUT2D eigenvalue weighted by Gasteiger charge is 2.07. The molecule has 2 aliphatic carbocycles. The Morgan fingerprint density at radius 1 is 0.536 bits per heavy atom. The quantitative estimate of drug-likeness (QED) is 0.303. The Hall–Kier alpha value is -3.12. The number of hydrogen-bond acceptors (Lipinski definition) is 0. The lowest BCUT2D eigenvalue weighted by Gasteiger charge is -2.12. The molecule has 0 amide bonds. The molecule has 4 aromatic carbocycles. The maximum atomic E-state index is 2.33. The molecule has 0 fully saturated rings. The summed E-state index contributed by atoms with van der Waals surface area (Å²) in [6, 6.07) is 26.3. The first-order valence-electron chi connectivity index (χ1n) is 10.2. The minimum Gasteiger partial charge on any atom is -0.0836 e. The summed E-state index contributed by atoms with van der Waals surface area (Å²) >= 11 is 0. The maximum absolute atomic E-state index is 2.33. The molecule has 2 aliphatic rings. The van der Waals surface area contributed by atoms with Gasteiger partial charge in [-0.05, 0) is 75.5 Å². The van der Waals surface area contributed by atoms with Gasteiger partial charge in [-0.15, -0.1) is 0 Å². The zero-order chi connectivity index (χ0) is 18.8. The van der Waals surface area contributed by atoms with Crippen molar-refractivity contribution in [3.8, 4) is 0 Å². The molecule has 6 rings (SSSR count). The van der Waals surface area contributed by atoms with Gasteiger partial charge in [-0.25, -0.2) is 0 Å². The van der Waals surface area contributed by atoms with E-state index < -0.39 is 0 Å². The van der Waals surface area contributed by atoms with Crippen LogP contribution in [0.1, 0.15) is 35.1 Å². The van der Waals surface area contributed by atoms with Crippen LogP contribution in [-0.4, -0.2) is 0 Å². The summed E-state index contributed by atoms with van der Waals surface area (Å²) in [4.78, 5) is 0. The third-order valence-corrected chi connectivity index (χ3v) is 5.81. The minimum absolute atomic E-state index is 1.19. The van der Waals surface area contributed by atoms with Crippen LogP contribution in [0, 0.1) is 0 Å². The van der Waals surface area contributed by atoms with Crippen molar-refractivity contribution in [3.63, 3.8) is 0 Å². The molecule has 0 nitrogen and oxygen atoms in total. The first-order chi connectivity index (χ1) is 13.9. The minimum atomic E-state index is 1.19. The molecule has 136 valence electrons. The van der Waals surface area contributed by atoms with E-state index in [0.29, 0.717) is 0 Å². The summed E-state index contributed by atoms with van der Waals surface area (Å²) in [7, 11) is 0. The van der Waals surface area contributed by atoms with Crippen LogP contribution in [0.5, 0.6) is 0 Å². The molecule has 0 aliphatic heterocycles. The maximum Gasteiger partial charge on any atom is -0.0109 e. The molecule has 0 unspecified atom stereocenters. The van der Waals surface area contributed by atoms with Crippen LogP contribution in [0.4, 0.5) is 0 Å².